The van der Waals surface area contributed by atoms with Gasteiger partial charge in [-0.05, 0) is 75.3 Å². The van der Waals surface area contributed by atoms with Gasteiger partial charge in [0.25, 0.3) is 0 Å². The highest BCUT2D eigenvalue weighted by molar-refractivity contribution is 5.98. The average molecular weight is 815 g/mol. The van der Waals surface area contributed by atoms with Gasteiger partial charge in [-0.3, -0.25) is 4.79 Å². The number of carbonyl (C=O) groups excluding carboxylic acids is 4. The number of carboxylic acid groups (broad SMARTS) is 1. The normalized spacial score (nSPS) is 12.9. The molecule has 4 rings (SSSR count). The number of hydrogen-bond donors (Lipinski definition) is 5. The van der Waals surface area contributed by atoms with E-state index in [0.717, 1.165) is 40.4 Å². The Labute approximate surface area is 345 Å². The Morgan fingerprint density at radius 3 is 2.17 bits per heavy atom. The fourth-order valence-corrected chi connectivity index (χ4v) is 6.40. The van der Waals surface area contributed by atoms with Crippen molar-refractivity contribution in [1.82, 2.24) is 20.9 Å². The van der Waals surface area contributed by atoms with E-state index in [4.69, 9.17) is 18.9 Å². The van der Waals surface area contributed by atoms with Crippen molar-refractivity contribution < 1.29 is 48.0 Å². The zero-order chi connectivity index (χ0) is 43.1. The minimum absolute atomic E-state index is 0.000544. The lowest BCUT2D eigenvalue weighted by Crippen LogP contribution is -2.53. The van der Waals surface area contributed by atoms with Crippen molar-refractivity contribution >= 4 is 40.9 Å². The summed E-state index contributed by atoms with van der Waals surface area (Å²) in [6, 6.07) is 17.0. The van der Waals surface area contributed by atoms with Gasteiger partial charge in [-0.1, -0.05) is 81.8 Å². The minimum atomic E-state index is -1.18. The molecule has 3 amide bonds. The highest BCUT2D eigenvalue weighted by Gasteiger charge is 2.30. The van der Waals surface area contributed by atoms with Crippen molar-refractivity contribution in [2.75, 3.05) is 13.2 Å². The molecule has 1 heterocycles. The van der Waals surface area contributed by atoms with E-state index >= 15 is 0 Å². The third kappa shape index (κ3) is 14.1. The minimum Gasteiger partial charge on any atom is -0.493 e. The fraction of sp³-hybridized carbons (Fsp3) is 0.444. The molecule has 4 aromatic rings. The summed E-state index contributed by atoms with van der Waals surface area (Å²) in [5.74, 6) is -1.88. The first-order chi connectivity index (χ1) is 28.1. The maximum Gasteiger partial charge on any atom is 0.408 e. The van der Waals surface area contributed by atoms with Crippen LogP contribution in [-0.2, 0) is 48.0 Å². The van der Waals surface area contributed by atoms with E-state index in [-0.39, 0.29) is 38.4 Å². The summed E-state index contributed by atoms with van der Waals surface area (Å²) in [4.78, 5) is 68.1. The zero-order valence-corrected chi connectivity index (χ0v) is 35.0. The number of rotatable bonds is 20. The molecule has 0 saturated carbocycles. The highest BCUT2D eigenvalue weighted by atomic mass is 16.6. The Morgan fingerprint density at radius 1 is 0.780 bits per heavy atom. The third-order valence-electron chi connectivity index (χ3n) is 9.16. The molecule has 318 valence electrons. The van der Waals surface area contributed by atoms with Gasteiger partial charge in [0.15, 0.2) is 0 Å². The number of hydrogen-bond acceptors (Lipinski definition) is 9. The number of fused-ring (bicyclic) bond motifs is 1. The molecule has 0 spiro atoms. The van der Waals surface area contributed by atoms with Crippen molar-refractivity contribution in [3.8, 4) is 16.9 Å². The molecule has 3 atom stereocenters. The molecule has 0 saturated heterocycles. The second kappa shape index (κ2) is 21.6. The molecule has 59 heavy (non-hydrogen) atoms. The summed E-state index contributed by atoms with van der Waals surface area (Å²) in [7, 11) is 0. The number of benzene rings is 3. The van der Waals surface area contributed by atoms with Crippen LogP contribution in [0.1, 0.15) is 84.4 Å². The summed E-state index contributed by atoms with van der Waals surface area (Å²) in [6.07, 6.45) is 2.23. The molecule has 0 aliphatic heterocycles. The molecule has 3 aromatic carbocycles. The van der Waals surface area contributed by atoms with Crippen LogP contribution in [0.2, 0.25) is 0 Å². The van der Waals surface area contributed by atoms with Crippen LogP contribution in [0.15, 0.2) is 72.9 Å². The molecular weight excluding hydrogens is 757 g/mol. The van der Waals surface area contributed by atoms with Crippen LogP contribution in [0.25, 0.3) is 22.0 Å². The molecule has 1 aromatic heterocycles. The molecule has 14 heteroatoms. The van der Waals surface area contributed by atoms with Gasteiger partial charge in [0, 0.05) is 35.6 Å². The molecule has 5 N–H and O–H groups in total. The second-order valence-electron chi connectivity index (χ2n) is 15.7. The number of carboxylic acids is 1. The number of aliphatic carboxylic acids is 1. The summed E-state index contributed by atoms with van der Waals surface area (Å²) in [6.45, 7) is 13.2. The van der Waals surface area contributed by atoms with Crippen molar-refractivity contribution in [3.63, 3.8) is 0 Å². The largest absolute Gasteiger partial charge is 0.493 e. The number of nitrogens with one attached hydrogen (secondary N) is 4. The number of unbranched alkanes of at least 4 members (excludes halogenated alkanes) is 1. The van der Waals surface area contributed by atoms with Gasteiger partial charge in [0.1, 0.15) is 36.1 Å². The smallest absolute Gasteiger partial charge is 0.408 e. The number of para-hydroxylation sites is 1. The van der Waals surface area contributed by atoms with E-state index < -0.39 is 53.8 Å². The Balaban J connectivity index is 1.69. The summed E-state index contributed by atoms with van der Waals surface area (Å²) >= 11 is 0. The lowest BCUT2D eigenvalue weighted by atomic mass is 9.95. The van der Waals surface area contributed by atoms with E-state index in [1.165, 1.54) is 0 Å². The Kier molecular flexibility index (Phi) is 16.7. The summed E-state index contributed by atoms with van der Waals surface area (Å²) in [5, 5.41) is 18.6. The van der Waals surface area contributed by atoms with Gasteiger partial charge in [0.2, 0.25) is 5.91 Å². The summed E-state index contributed by atoms with van der Waals surface area (Å²) in [5.41, 5.74) is 3.53. The molecule has 14 nitrogen and oxygen atoms in total. The Morgan fingerprint density at radius 2 is 1.51 bits per heavy atom. The van der Waals surface area contributed by atoms with E-state index in [0.29, 0.717) is 23.5 Å². The van der Waals surface area contributed by atoms with Gasteiger partial charge in [-0.25, -0.2) is 19.2 Å². The average Bonchev–Trinajstić information content (AvgIpc) is 3.59. The van der Waals surface area contributed by atoms with Crippen LogP contribution in [-0.4, -0.2) is 77.1 Å². The number of carbonyl (C=O) groups is 5. The van der Waals surface area contributed by atoms with Crippen LogP contribution in [0, 0.1) is 5.92 Å². The predicted octanol–water partition coefficient (Wildman–Crippen LogP) is 7.47. The van der Waals surface area contributed by atoms with Crippen LogP contribution in [0.5, 0.6) is 5.75 Å². The molecule has 0 fully saturated rings. The molecule has 0 unspecified atom stereocenters. The van der Waals surface area contributed by atoms with Gasteiger partial charge < -0.3 is 45.0 Å². The van der Waals surface area contributed by atoms with Gasteiger partial charge in [-0.2, -0.15) is 0 Å². The quantitative estimate of drug-likeness (QED) is 0.0340. The van der Waals surface area contributed by atoms with Crippen LogP contribution in [0.3, 0.4) is 0 Å². The van der Waals surface area contributed by atoms with Crippen LogP contribution < -0.4 is 20.7 Å². The van der Waals surface area contributed by atoms with E-state index in [1.807, 2.05) is 74.5 Å². The maximum absolute atomic E-state index is 13.7. The molecular formula is C45H58N4O10. The third-order valence-corrected chi connectivity index (χ3v) is 9.16. The lowest BCUT2D eigenvalue weighted by molar-refractivity contribution is -0.145. The lowest BCUT2D eigenvalue weighted by Gasteiger charge is -2.25. The number of esters is 1. The first-order valence-electron chi connectivity index (χ1n) is 20.1. The van der Waals surface area contributed by atoms with Crippen LogP contribution in [0.4, 0.5) is 9.59 Å². The molecule has 0 radical (unpaired) electrons. The standard InChI is InChI=1S/C45H58N4O10/c1-8-10-21-57-38-20-19-30(24-35(48-44(55)59-45(5,6)7)40(50)47-36(41(51)52)22-28(3)4)23-34(38)33-18-14-17-32-31(26-46-39(32)33)25-37(42(53)56-9-2)49-43(54)58-27-29-15-12-11-13-16-29/h11-20,23,26,28,35-37,46H,8-10,21-22,24-25,27H2,1-7H3,(H,47,50)(H,48,55)(H,49,54)(H,51,52)/t35-,36-,37-/m0/s1. The van der Waals surface area contributed by atoms with Crippen molar-refractivity contribution in [1.29, 1.82) is 0 Å². The van der Waals surface area contributed by atoms with Crippen molar-refractivity contribution in [2.24, 2.45) is 5.92 Å². The Bertz CT molecular complexity index is 2040. The second-order valence-corrected chi connectivity index (χ2v) is 15.7. The molecule has 0 aliphatic carbocycles. The number of ether oxygens (including phenoxy) is 4. The zero-order valence-electron chi connectivity index (χ0n) is 35.0. The fourth-order valence-electron chi connectivity index (χ4n) is 6.40. The first-order valence-corrected chi connectivity index (χ1v) is 20.1. The van der Waals surface area contributed by atoms with Gasteiger partial charge in [0.05, 0.1) is 18.7 Å². The number of alkyl carbamates (subject to hydrolysis) is 2. The molecule has 0 aliphatic rings. The number of amides is 3. The van der Waals surface area contributed by atoms with E-state index in [9.17, 15) is 29.1 Å². The maximum atomic E-state index is 13.7. The predicted molar refractivity (Wildman–Crippen MR) is 224 cm³/mol. The number of aromatic nitrogens is 1. The number of H-pyrrole nitrogens is 1. The van der Waals surface area contributed by atoms with Crippen LogP contribution >= 0.6 is 0 Å². The Hall–Kier alpha value is -6.05. The molecule has 0 bridgehead atoms. The van der Waals surface area contributed by atoms with E-state index in [2.05, 4.69) is 27.9 Å². The monoisotopic (exact) mass is 814 g/mol. The highest BCUT2D eigenvalue weighted by Crippen LogP contribution is 2.37. The first kappa shape index (κ1) is 45.6. The van der Waals surface area contributed by atoms with Crippen molar-refractivity contribution in [3.05, 3.63) is 89.6 Å². The topological polar surface area (TPSA) is 194 Å². The summed E-state index contributed by atoms with van der Waals surface area (Å²) < 4.78 is 22.5. The van der Waals surface area contributed by atoms with Crippen molar-refractivity contribution in [2.45, 2.75) is 111 Å². The van der Waals surface area contributed by atoms with Gasteiger partial charge in [-0.15, -0.1) is 0 Å². The number of aromatic amines is 1. The van der Waals surface area contributed by atoms with E-state index in [1.54, 1.807) is 40.0 Å². The van der Waals surface area contributed by atoms with Gasteiger partial charge >= 0.3 is 24.1 Å². The SMILES string of the molecule is CCCCOc1ccc(C[C@H](NC(=O)OC(C)(C)C)C(=O)N[C@@H](CC(C)C)C(=O)O)cc1-c1cccc2c(C[C@H](NC(=O)OCc3ccccc3)C(=O)OCC)c[nH]c12.